The van der Waals surface area contributed by atoms with E-state index < -0.39 is 22.0 Å². The maximum atomic E-state index is 11.2. The molecular weight excluding hydrogens is 250 g/mol. The van der Waals surface area contributed by atoms with Gasteiger partial charge in [0.1, 0.15) is 6.61 Å². The van der Waals surface area contributed by atoms with Gasteiger partial charge in [-0.25, -0.2) is 13.2 Å². The maximum absolute atomic E-state index is 11.2. The van der Waals surface area contributed by atoms with Crippen molar-refractivity contribution in [1.29, 1.82) is 0 Å². The Hall–Kier alpha value is -1.12. The summed E-state index contributed by atoms with van der Waals surface area (Å²) in [5.41, 5.74) is 0. The molecule has 0 bridgehead atoms. The molecular formula is C9H15NO6S. The number of alkyl carbamates (subject to hydrolysis) is 1. The number of nitrogens with one attached hydrogen (secondary N) is 1. The summed E-state index contributed by atoms with van der Waals surface area (Å²) < 4.78 is 31.7. The van der Waals surface area contributed by atoms with Gasteiger partial charge in [0, 0.05) is 5.41 Å². The van der Waals surface area contributed by atoms with Crippen molar-refractivity contribution in [3.05, 3.63) is 11.5 Å². The summed E-state index contributed by atoms with van der Waals surface area (Å²) in [5, 5.41) is 11.9. The van der Waals surface area contributed by atoms with E-state index >= 15 is 0 Å². The highest BCUT2D eigenvalue weighted by molar-refractivity contribution is 7.94. The number of amides is 1. The van der Waals surface area contributed by atoms with Crippen LogP contribution in [0.1, 0.15) is 0 Å². The number of carbonyl (C=O) groups is 1. The van der Waals surface area contributed by atoms with Crippen LogP contribution in [0.3, 0.4) is 0 Å². The highest BCUT2D eigenvalue weighted by Gasteiger charge is 2.23. The van der Waals surface area contributed by atoms with Crippen molar-refractivity contribution in [2.24, 2.45) is 0 Å². The molecule has 0 spiro atoms. The summed E-state index contributed by atoms with van der Waals surface area (Å²) in [4.78, 5) is 11.2. The summed E-state index contributed by atoms with van der Waals surface area (Å²) in [5.74, 6) is -0.136. The van der Waals surface area contributed by atoms with Crippen LogP contribution in [0.15, 0.2) is 11.5 Å². The third kappa shape index (κ3) is 5.66. The Morgan fingerprint density at radius 1 is 1.41 bits per heavy atom. The predicted octanol–water partition coefficient (Wildman–Crippen LogP) is -0.968. The Morgan fingerprint density at radius 2 is 2.18 bits per heavy atom. The van der Waals surface area contributed by atoms with E-state index in [0.29, 0.717) is 0 Å². The van der Waals surface area contributed by atoms with Gasteiger partial charge in [0.15, 0.2) is 9.84 Å². The van der Waals surface area contributed by atoms with Gasteiger partial charge >= 0.3 is 6.09 Å². The smallest absolute Gasteiger partial charge is 0.407 e. The van der Waals surface area contributed by atoms with Crippen molar-refractivity contribution in [1.82, 2.24) is 5.32 Å². The van der Waals surface area contributed by atoms with Crippen LogP contribution in [0.25, 0.3) is 0 Å². The standard InChI is InChI=1S/C9H15NO6S/c11-2-3-15-4-5-16-9(12)10-8-1-6-17(13,14)7-8/h1,6,8,11H,2-5,7H2,(H,10,12)/t8-/m1/s1. The van der Waals surface area contributed by atoms with Crippen LogP contribution in [0.5, 0.6) is 0 Å². The van der Waals surface area contributed by atoms with Crippen LogP contribution in [-0.2, 0) is 19.3 Å². The Labute approximate surface area is 99.3 Å². The van der Waals surface area contributed by atoms with E-state index in [4.69, 9.17) is 14.6 Å². The Bertz CT molecular complexity index is 377. The molecule has 0 aromatic heterocycles. The highest BCUT2D eigenvalue weighted by Crippen LogP contribution is 2.07. The van der Waals surface area contributed by atoms with Crippen molar-refractivity contribution in [2.45, 2.75) is 6.04 Å². The van der Waals surface area contributed by atoms with Gasteiger partial charge in [0.05, 0.1) is 31.6 Å². The molecule has 1 heterocycles. The van der Waals surface area contributed by atoms with Gasteiger partial charge in [-0.1, -0.05) is 0 Å². The first-order chi connectivity index (χ1) is 8.03. The SMILES string of the molecule is O=C(N[C@@H]1C=CS(=O)(=O)C1)OCCOCCO. The zero-order valence-corrected chi connectivity index (χ0v) is 9.98. The summed E-state index contributed by atoms with van der Waals surface area (Å²) in [7, 11) is -3.18. The van der Waals surface area contributed by atoms with Gasteiger partial charge in [0.2, 0.25) is 0 Å². The van der Waals surface area contributed by atoms with E-state index in [2.05, 4.69) is 5.32 Å². The molecule has 0 aromatic rings. The van der Waals surface area contributed by atoms with Crippen LogP contribution in [0.4, 0.5) is 4.79 Å². The lowest BCUT2D eigenvalue weighted by atomic mass is 10.3. The third-order valence-electron chi connectivity index (χ3n) is 1.93. The molecule has 2 N–H and O–H groups in total. The van der Waals surface area contributed by atoms with E-state index in [1.807, 2.05) is 0 Å². The van der Waals surface area contributed by atoms with E-state index in [0.717, 1.165) is 5.41 Å². The molecule has 1 aliphatic rings. The number of aliphatic hydroxyl groups excluding tert-OH is 1. The van der Waals surface area contributed by atoms with E-state index in [1.54, 1.807) is 0 Å². The summed E-state index contributed by atoms with van der Waals surface area (Å²) in [6, 6.07) is -0.536. The lowest BCUT2D eigenvalue weighted by molar-refractivity contribution is 0.0534. The number of aliphatic hydroxyl groups is 1. The minimum absolute atomic E-state index is 0.0506. The van der Waals surface area contributed by atoms with Crippen LogP contribution in [-0.4, -0.2) is 57.8 Å². The molecule has 0 saturated heterocycles. The molecule has 0 aromatic carbocycles. The number of hydrogen-bond donors (Lipinski definition) is 2. The fourth-order valence-corrected chi connectivity index (χ4v) is 2.45. The molecule has 98 valence electrons. The van der Waals surface area contributed by atoms with Crippen LogP contribution >= 0.6 is 0 Å². The molecule has 0 aliphatic carbocycles. The fraction of sp³-hybridized carbons (Fsp3) is 0.667. The summed E-state index contributed by atoms with van der Waals surface area (Å²) in [6.07, 6.45) is 0.711. The molecule has 7 nitrogen and oxygen atoms in total. The lowest BCUT2D eigenvalue weighted by Crippen LogP contribution is -2.36. The molecule has 1 rings (SSSR count). The van der Waals surface area contributed by atoms with E-state index in [-0.39, 0.29) is 32.2 Å². The average molecular weight is 265 g/mol. The number of sulfone groups is 1. The van der Waals surface area contributed by atoms with Gasteiger partial charge in [0.25, 0.3) is 0 Å². The molecule has 1 aliphatic heterocycles. The monoisotopic (exact) mass is 265 g/mol. The van der Waals surface area contributed by atoms with Crippen LogP contribution in [0, 0.1) is 0 Å². The predicted molar refractivity (Wildman–Crippen MR) is 59.1 cm³/mol. The summed E-state index contributed by atoms with van der Waals surface area (Å²) in [6.45, 7) is 0.341. The second-order valence-electron chi connectivity index (χ2n) is 3.38. The topological polar surface area (TPSA) is 102 Å². The first-order valence-electron chi connectivity index (χ1n) is 5.06. The van der Waals surface area contributed by atoms with Crippen LogP contribution < -0.4 is 5.32 Å². The van der Waals surface area contributed by atoms with Gasteiger partial charge < -0.3 is 19.9 Å². The second kappa shape index (κ2) is 6.58. The van der Waals surface area contributed by atoms with E-state index in [9.17, 15) is 13.2 Å². The molecule has 1 atom stereocenters. The third-order valence-corrected chi connectivity index (χ3v) is 3.33. The molecule has 8 heteroatoms. The fourth-order valence-electron chi connectivity index (χ4n) is 1.22. The van der Waals surface area contributed by atoms with Gasteiger partial charge in [-0.15, -0.1) is 0 Å². The highest BCUT2D eigenvalue weighted by atomic mass is 32.2. The van der Waals surface area contributed by atoms with Crippen molar-refractivity contribution in [3.8, 4) is 0 Å². The van der Waals surface area contributed by atoms with Crippen molar-refractivity contribution in [2.75, 3.05) is 32.2 Å². The molecule has 0 radical (unpaired) electrons. The minimum atomic E-state index is -3.18. The zero-order chi connectivity index (χ0) is 12.7. The molecule has 0 fully saturated rings. The van der Waals surface area contributed by atoms with E-state index in [1.165, 1.54) is 6.08 Å². The van der Waals surface area contributed by atoms with Crippen molar-refractivity contribution >= 4 is 15.9 Å². The number of rotatable bonds is 6. The summed E-state index contributed by atoms with van der Waals surface area (Å²) >= 11 is 0. The average Bonchev–Trinajstić information content (AvgIpc) is 2.57. The molecule has 0 saturated carbocycles. The molecule has 17 heavy (non-hydrogen) atoms. The van der Waals surface area contributed by atoms with Gasteiger partial charge in [-0.3, -0.25) is 0 Å². The molecule has 0 unspecified atom stereocenters. The van der Waals surface area contributed by atoms with Gasteiger partial charge in [-0.05, 0) is 6.08 Å². The molecule has 1 amide bonds. The Balaban J connectivity index is 2.12. The first-order valence-corrected chi connectivity index (χ1v) is 6.78. The number of hydrogen-bond acceptors (Lipinski definition) is 6. The van der Waals surface area contributed by atoms with Crippen molar-refractivity contribution in [3.63, 3.8) is 0 Å². The number of ether oxygens (including phenoxy) is 2. The normalized spacial score (nSPS) is 21.4. The second-order valence-corrected chi connectivity index (χ2v) is 5.31. The minimum Gasteiger partial charge on any atom is -0.447 e. The first kappa shape index (κ1) is 13.9. The van der Waals surface area contributed by atoms with Crippen LogP contribution in [0.2, 0.25) is 0 Å². The van der Waals surface area contributed by atoms with Gasteiger partial charge in [-0.2, -0.15) is 0 Å². The Morgan fingerprint density at radius 3 is 2.76 bits per heavy atom. The van der Waals surface area contributed by atoms with Crippen molar-refractivity contribution < 1.29 is 27.8 Å². The largest absolute Gasteiger partial charge is 0.447 e. The quantitative estimate of drug-likeness (QED) is 0.599. The lowest BCUT2D eigenvalue weighted by Gasteiger charge is -2.10. The Kier molecular flexibility index (Phi) is 5.39. The number of carbonyl (C=O) groups excluding carboxylic acids is 1. The zero-order valence-electron chi connectivity index (χ0n) is 9.16. The maximum Gasteiger partial charge on any atom is 0.407 e.